The summed E-state index contributed by atoms with van der Waals surface area (Å²) in [5.41, 5.74) is 0.201. The standard InChI is InChI=1S/C14H22BNO3.C2H6/c1-10(2)14(5)13(3,4)18-15(19-14)11-7-12(17-6)9-16-8-11;1-2/h7-10H,1-6H3;1-2H3. The van der Waals surface area contributed by atoms with Crippen LogP contribution in [0.2, 0.25) is 0 Å². The second-order valence-electron chi connectivity index (χ2n) is 6.00. The molecule has 21 heavy (non-hydrogen) atoms. The van der Waals surface area contributed by atoms with Crippen LogP contribution >= 0.6 is 0 Å². The van der Waals surface area contributed by atoms with Crippen molar-refractivity contribution in [3.63, 3.8) is 0 Å². The van der Waals surface area contributed by atoms with Gasteiger partial charge in [0.1, 0.15) is 5.75 Å². The van der Waals surface area contributed by atoms with Crippen LogP contribution in [0.3, 0.4) is 0 Å². The molecule has 0 saturated carbocycles. The fourth-order valence-corrected chi connectivity index (χ4v) is 2.42. The minimum Gasteiger partial charge on any atom is -0.495 e. The maximum atomic E-state index is 6.19. The van der Waals surface area contributed by atoms with E-state index in [4.69, 9.17) is 14.0 Å². The molecule has 2 rings (SSSR count). The Morgan fingerprint density at radius 1 is 1.14 bits per heavy atom. The predicted molar refractivity (Wildman–Crippen MR) is 87.0 cm³/mol. The second kappa shape index (κ2) is 6.80. The Morgan fingerprint density at radius 3 is 2.24 bits per heavy atom. The number of nitrogens with zero attached hydrogens (tertiary/aromatic N) is 1. The Labute approximate surface area is 129 Å². The van der Waals surface area contributed by atoms with Crippen LogP contribution in [0.25, 0.3) is 0 Å². The van der Waals surface area contributed by atoms with Crippen molar-refractivity contribution in [3.8, 4) is 5.75 Å². The fraction of sp³-hybridized carbons (Fsp3) is 0.688. The molecule has 1 atom stereocenters. The van der Waals surface area contributed by atoms with Gasteiger partial charge < -0.3 is 14.0 Å². The van der Waals surface area contributed by atoms with Crippen LogP contribution in [0.4, 0.5) is 0 Å². The Hall–Kier alpha value is -1.07. The largest absolute Gasteiger partial charge is 0.496 e. The van der Waals surface area contributed by atoms with Gasteiger partial charge in [0, 0.05) is 11.7 Å². The van der Waals surface area contributed by atoms with Crippen LogP contribution in [0.5, 0.6) is 5.75 Å². The van der Waals surface area contributed by atoms with E-state index in [0.717, 1.165) is 5.46 Å². The van der Waals surface area contributed by atoms with E-state index in [1.165, 1.54) is 0 Å². The zero-order valence-corrected chi connectivity index (χ0v) is 14.6. The van der Waals surface area contributed by atoms with Gasteiger partial charge in [-0.25, -0.2) is 0 Å². The van der Waals surface area contributed by atoms with Crippen molar-refractivity contribution < 1.29 is 14.0 Å². The summed E-state index contributed by atoms with van der Waals surface area (Å²) >= 11 is 0. The number of aromatic nitrogens is 1. The number of methoxy groups -OCH3 is 1. The van der Waals surface area contributed by atoms with Gasteiger partial charge in [-0.15, -0.1) is 0 Å². The lowest BCUT2D eigenvalue weighted by atomic mass is 9.78. The smallest absolute Gasteiger partial charge is 0.495 e. The summed E-state index contributed by atoms with van der Waals surface area (Å²) in [6.45, 7) is 14.5. The highest BCUT2D eigenvalue weighted by molar-refractivity contribution is 6.62. The first-order valence-electron chi connectivity index (χ1n) is 7.65. The lowest BCUT2D eigenvalue weighted by Gasteiger charge is -2.39. The van der Waals surface area contributed by atoms with Gasteiger partial charge in [-0.05, 0) is 32.8 Å². The maximum absolute atomic E-state index is 6.19. The van der Waals surface area contributed by atoms with Crippen LogP contribution in [0.1, 0.15) is 48.5 Å². The molecule has 0 N–H and O–H groups in total. The first kappa shape index (κ1) is 18.0. The van der Waals surface area contributed by atoms with Gasteiger partial charge in [-0.3, -0.25) is 4.98 Å². The van der Waals surface area contributed by atoms with Crippen LogP contribution in [0.15, 0.2) is 18.5 Å². The van der Waals surface area contributed by atoms with Crippen LogP contribution in [-0.4, -0.2) is 30.4 Å². The van der Waals surface area contributed by atoms with Gasteiger partial charge in [0.05, 0.1) is 24.5 Å². The van der Waals surface area contributed by atoms with Gasteiger partial charge in [0.25, 0.3) is 0 Å². The van der Waals surface area contributed by atoms with E-state index in [2.05, 4.69) is 39.6 Å². The van der Waals surface area contributed by atoms with Crippen LogP contribution < -0.4 is 10.2 Å². The molecule has 1 aromatic rings. The van der Waals surface area contributed by atoms with Crippen molar-refractivity contribution in [1.82, 2.24) is 4.98 Å². The van der Waals surface area contributed by atoms with Crippen molar-refractivity contribution in [2.24, 2.45) is 5.92 Å². The minimum absolute atomic E-state index is 0.333. The lowest BCUT2D eigenvalue weighted by molar-refractivity contribution is -0.0435. The molecule has 0 aliphatic carbocycles. The summed E-state index contributed by atoms with van der Waals surface area (Å²) in [5, 5.41) is 0. The molecule has 1 saturated heterocycles. The van der Waals surface area contributed by atoms with E-state index < -0.39 is 7.12 Å². The SMILES string of the molecule is CC.COc1cncc(B2OC(C)(C)C(C)(C(C)C)O2)c1. The first-order valence-corrected chi connectivity index (χ1v) is 7.65. The first-order chi connectivity index (χ1) is 9.80. The molecule has 118 valence electrons. The van der Waals surface area contributed by atoms with Gasteiger partial charge >= 0.3 is 7.12 Å². The molecule has 1 aromatic heterocycles. The third kappa shape index (κ3) is 3.41. The number of ether oxygens (including phenoxy) is 1. The molecule has 0 amide bonds. The highest BCUT2D eigenvalue weighted by atomic mass is 16.7. The summed E-state index contributed by atoms with van der Waals surface area (Å²) in [4.78, 5) is 4.16. The zero-order valence-electron chi connectivity index (χ0n) is 14.6. The molecular formula is C16H28BNO3. The van der Waals surface area contributed by atoms with Crippen molar-refractivity contribution in [1.29, 1.82) is 0 Å². The molecule has 0 aromatic carbocycles. The lowest BCUT2D eigenvalue weighted by Crippen LogP contribution is -2.48. The normalized spacial score (nSPS) is 23.8. The summed E-state index contributed by atoms with van der Waals surface area (Å²) in [6, 6.07) is 1.90. The van der Waals surface area contributed by atoms with E-state index >= 15 is 0 Å². The Morgan fingerprint density at radius 2 is 1.76 bits per heavy atom. The molecule has 2 heterocycles. The quantitative estimate of drug-likeness (QED) is 0.803. The van der Waals surface area contributed by atoms with Crippen LogP contribution in [-0.2, 0) is 9.31 Å². The monoisotopic (exact) mass is 293 g/mol. The molecule has 1 aliphatic rings. The highest BCUT2D eigenvalue weighted by Crippen LogP contribution is 2.42. The third-order valence-electron chi connectivity index (χ3n) is 4.29. The summed E-state index contributed by atoms with van der Waals surface area (Å²) in [5.74, 6) is 1.06. The molecular weight excluding hydrogens is 265 g/mol. The predicted octanol–water partition coefficient (Wildman–Crippen LogP) is 3.05. The Bertz CT molecular complexity index is 465. The Balaban J connectivity index is 0.00000106. The van der Waals surface area contributed by atoms with Crippen molar-refractivity contribution >= 4 is 12.6 Å². The van der Waals surface area contributed by atoms with Crippen molar-refractivity contribution in [2.45, 2.75) is 59.7 Å². The number of hydrogen-bond acceptors (Lipinski definition) is 4. The molecule has 5 heteroatoms. The molecule has 1 aliphatic heterocycles. The van der Waals surface area contributed by atoms with Gasteiger partial charge in [-0.2, -0.15) is 0 Å². The van der Waals surface area contributed by atoms with E-state index in [1.807, 2.05) is 19.9 Å². The number of rotatable bonds is 3. The molecule has 1 unspecified atom stereocenters. The fourth-order valence-electron chi connectivity index (χ4n) is 2.42. The third-order valence-corrected chi connectivity index (χ3v) is 4.29. The Kier molecular flexibility index (Phi) is 5.82. The maximum Gasteiger partial charge on any atom is 0.496 e. The minimum atomic E-state index is -0.398. The average Bonchev–Trinajstić information content (AvgIpc) is 2.73. The molecule has 0 spiro atoms. The number of hydrogen-bond donors (Lipinski definition) is 0. The summed E-state index contributed by atoms with van der Waals surface area (Å²) < 4.78 is 17.5. The molecule has 0 bridgehead atoms. The van der Waals surface area contributed by atoms with E-state index in [9.17, 15) is 0 Å². The van der Waals surface area contributed by atoms with E-state index in [1.54, 1.807) is 19.5 Å². The topological polar surface area (TPSA) is 40.6 Å². The molecule has 1 fully saturated rings. The summed E-state index contributed by atoms with van der Waals surface area (Å²) in [6.07, 6.45) is 3.43. The second-order valence-corrected chi connectivity index (χ2v) is 6.00. The van der Waals surface area contributed by atoms with Crippen molar-refractivity contribution in [3.05, 3.63) is 18.5 Å². The van der Waals surface area contributed by atoms with Gasteiger partial charge in [0.15, 0.2) is 0 Å². The van der Waals surface area contributed by atoms with E-state index in [0.29, 0.717) is 11.7 Å². The van der Waals surface area contributed by atoms with E-state index in [-0.39, 0.29) is 11.2 Å². The van der Waals surface area contributed by atoms with Gasteiger partial charge in [-0.1, -0.05) is 27.7 Å². The summed E-state index contributed by atoms with van der Waals surface area (Å²) in [7, 11) is 1.23. The van der Waals surface area contributed by atoms with Gasteiger partial charge in [0.2, 0.25) is 0 Å². The van der Waals surface area contributed by atoms with Crippen LogP contribution in [0, 0.1) is 5.92 Å². The molecule has 4 nitrogen and oxygen atoms in total. The number of pyridine rings is 1. The molecule has 0 radical (unpaired) electrons. The average molecular weight is 293 g/mol. The highest BCUT2D eigenvalue weighted by Gasteiger charge is 2.56. The van der Waals surface area contributed by atoms with Crippen molar-refractivity contribution in [2.75, 3.05) is 7.11 Å². The zero-order chi connectivity index (χ0) is 16.3.